The molecule has 1 N–H and O–H groups in total. The van der Waals surface area contributed by atoms with Crippen LogP contribution in [0.3, 0.4) is 0 Å². The number of benzene rings is 2. The van der Waals surface area contributed by atoms with Gasteiger partial charge in [-0.3, -0.25) is 0 Å². The largest absolute Gasteiger partial charge is 0.392 e. The average molecular weight is 260 g/mol. The number of aliphatic hydroxyl groups is 1. The van der Waals surface area contributed by atoms with E-state index in [0.29, 0.717) is 6.54 Å². The van der Waals surface area contributed by atoms with Gasteiger partial charge < -0.3 is 9.67 Å². The maximum Gasteiger partial charge on any atom is 0.0691 e. The normalized spacial score (nSPS) is 13.3. The molecule has 0 bridgehead atoms. The molecule has 3 heteroatoms. The third kappa shape index (κ3) is 1.78. The summed E-state index contributed by atoms with van der Waals surface area (Å²) >= 11 is 6.08. The van der Waals surface area contributed by atoms with Crippen molar-refractivity contribution in [3.8, 4) is 0 Å². The van der Waals surface area contributed by atoms with E-state index in [1.165, 1.54) is 5.39 Å². The molecule has 0 saturated heterocycles. The molecule has 0 saturated carbocycles. The molecular formula is C15H14ClNO. The Morgan fingerprint density at radius 2 is 1.83 bits per heavy atom. The van der Waals surface area contributed by atoms with Gasteiger partial charge in [-0.05, 0) is 31.2 Å². The van der Waals surface area contributed by atoms with E-state index in [-0.39, 0.29) is 6.10 Å². The Labute approximate surface area is 110 Å². The monoisotopic (exact) mass is 259 g/mol. The Morgan fingerprint density at radius 1 is 1.11 bits per heavy atom. The molecule has 3 rings (SSSR count). The zero-order valence-corrected chi connectivity index (χ0v) is 10.9. The molecule has 3 aromatic rings. The first kappa shape index (κ1) is 11.6. The lowest BCUT2D eigenvalue weighted by Gasteiger charge is -2.09. The smallest absolute Gasteiger partial charge is 0.0691 e. The third-order valence-corrected chi connectivity index (χ3v) is 3.42. The van der Waals surface area contributed by atoms with Gasteiger partial charge in [0.25, 0.3) is 0 Å². The first-order chi connectivity index (χ1) is 8.66. The predicted octanol–water partition coefficient (Wildman–Crippen LogP) is 3.83. The van der Waals surface area contributed by atoms with Crippen molar-refractivity contribution < 1.29 is 5.11 Å². The van der Waals surface area contributed by atoms with Crippen LogP contribution < -0.4 is 0 Å². The van der Waals surface area contributed by atoms with Gasteiger partial charge in [0.05, 0.1) is 6.10 Å². The van der Waals surface area contributed by atoms with E-state index >= 15 is 0 Å². The standard InChI is InChI=1S/C15H14ClNO/c1-10(18)9-17-14-5-3-2-4-12(14)13-8-11(16)6-7-15(13)17/h2-8,10,18H,9H2,1H3. The van der Waals surface area contributed by atoms with E-state index in [4.69, 9.17) is 11.6 Å². The Balaban J connectivity index is 2.42. The predicted molar refractivity (Wildman–Crippen MR) is 76.1 cm³/mol. The summed E-state index contributed by atoms with van der Waals surface area (Å²) in [6.07, 6.45) is -0.375. The van der Waals surface area contributed by atoms with Crippen LogP contribution in [0.25, 0.3) is 21.8 Å². The molecule has 2 nitrogen and oxygen atoms in total. The van der Waals surface area contributed by atoms with E-state index in [9.17, 15) is 5.11 Å². The number of fused-ring (bicyclic) bond motifs is 3. The van der Waals surface area contributed by atoms with Crippen LogP contribution in [0.1, 0.15) is 6.92 Å². The summed E-state index contributed by atoms with van der Waals surface area (Å²) < 4.78 is 2.14. The Hall–Kier alpha value is -1.51. The minimum Gasteiger partial charge on any atom is -0.392 e. The van der Waals surface area contributed by atoms with Crippen LogP contribution in [0.15, 0.2) is 42.5 Å². The molecular weight excluding hydrogens is 246 g/mol. The fraction of sp³-hybridized carbons (Fsp3) is 0.200. The molecule has 18 heavy (non-hydrogen) atoms. The number of aromatic nitrogens is 1. The van der Waals surface area contributed by atoms with Gasteiger partial charge in [0.2, 0.25) is 0 Å². The highest BCUT2D eigenvalue weighted by Crippen LogP contribution is 2.31. The van der Waals surface area contributed by atoms with Gasteiger partial charge in [-0.1, -0.05) is 29.8 Å². The molecule has 1 heterocycles. The van der Waals surface area contributed by atoms with Crippen LogP contribution in [0, 0.1) is 0 Å². The van der Waals surface area contributed by atoms with Crippen molar-refractivity contribution in [2.24, 2.45) is 0 Å². The number of halogens is 1. The highest BCUT2D eigenvalue weighted by molar-refractivity contribution is 6.31. The molecule has 0 aliphatic carbocycles. The van der Waals surface area contributed by atoms with Gasteiger partial charge in [-0.25, -0.2) is 0 Å². The average Bonchev–Trinajstić information content (AvgIpc) is 2.64. The molecule has 1 unspecified atom stereocenters. The van der Waals surface area contributed by atoms with Crippen LogP contribution >= 0.6 is 11.6 Å². The Morgan fingerprint density at radius 3 is 2.61 bits per heavy atom. The van der Waals surface area contributed by atoms with E-state index in [2.05, 4.69) is 16.7 Å². The van der Waals surface area contributed by atoms with Gasteiger partial charge in [0.15, 0.2) is 0 Å². The van der Waals surface area contributed by atoms with E-state index in [0.717, 1.165) is 21.4 Å². The molecule has 0 spiro atoms. The fourth-order valence-electron chi connectivity index (χ4n) is 2.49. The number of para-hydroxylation sites is 1. The van der Waals surface area contributed by atoms with Crippen molar-refractivity contribution in [2.45, 2.75) is 19.6 Å². The minimum atomic E-state index is -0.375. The highest BCUT2D eigenvalue weighted by Gasteiger charge is 2.11. The second kappa shape index (κ2) is 4.30. The third-order valence-electron chi connectivity index (χ3n) is 3.18. The maximum absolute atomic E-state index is 9.65. The Bertz CT molecular complexity index is 715. The summed E-state index contributed by atoms with van der Waals surface area (Å²) in [6, 6.07) is 14.1. The quantitative estimate of drug-likeness (QED) is 0.743. The number of hydrogen-bond acceptors (Lipinski definition) is 1. The molecule has 0 radical (unpaired) electrons. The molecule has 1 atom stereocenters. The lowest BCUT2D eigenvalue weighted by molar-refractivity contribution is 0.176. The van der Waals surface area contributed by atoms with Crippen LogP contribution in [0.4, 0.5) is 0 Å². The molecule has 0 fully saturated rings. The topological polar surface area (TPSA) is 25.2 Å². The van der Waals surface area contributed by atoms with E-state index in [1.54, 1.807) is 6.92 Å². The second-order valence-corrected chi connectivity index (χ2v) is 5.07. The van der Waals surface area contributed by atoms with E-state index in [1.807, 2.05) is 30.3 Å². The zero-order valence-electron chi connectivity index (χ0n) is 10.1. The summed E-state index contributed by atoms with van der Waals surface area (Å²) in [5.74, 6) is 0. The van der Waals surface area contributed by atoms with E-state index < -0.39 is 0 Å². The van der Waals surface area contributed by atoms with Gasteiger partial charge in [-0.2, -0.15) is 0 Å². The number of hydrogen-bond donors (Lipinski definition) is 1. The van der Waals surface area contributed by atoms with Crippen LogP contribution in [-0.2, 0) is 6.54 Å². The first-order valence-electron chi connectivity index (χ1n) is 6.01. The highest BCUT2D eigenvalue weighted by atomic mass is 35.5. The lowest BCUT2D eigenvalue weighted by Crippen LogP contribution is -2.11. The summed E-state index contributed by atoms with van der Waals surface area (Å²) in [5, 5.41) is 12.7. The van der Waals surface area contributed by atoms with Crippen molar-refractivity contribution in [3.63, 3.8) is 0 Å². The number of rotatable bonds is 2. The van der Waals surface area contributed by atoms with Crippen molar-refractivity contribution >= 4 is 33.4 Å². The van der Waals surface area contributed by atoms with Crippen LogP contribution in [0.5, 0.6) is 0 Å². The summed E-state index contributed by atoms with van der Waals surface area (Å²) in [4.78, 5) is 0. The summed E-state index contributed by atoms with van der Waals surface area (Å²) in [7, 11) is 0. The Kier molecular flexibility index (Phi) is 2.77. The molecule has 0 amide bonds. The van der Waals surface area contributed by atoms with Gasteiger partial charge in [0, 0.05) is 33.4 Å². The summed E-state index contributed by atoms with van der Waals surface area (Å²) in [5.41, 5.74) is 2.25. The zero-order chi connectivity index (χ0) is 12.7. The van der Waals surface area contributed by atoms with Gasteiger partial charge in [0.1, 0.15) is 0 Å². The van der Waals surface area contributed by atoms with Crippen molar-refractivity contribution in [1.82, 2.24) is 4.57 Å². The minimum absolute atomic E-state index is 0.375. The maximum atomic E-state index is 9.65. The molecule has 2 aromatic carbocycles. The van der Waals surface area contributed by atoms with Crippen molar-refractivity contribution in [3.05, 3.63) is 47.5 Å². The fourth-order valence-corrected chi connectivity index (χ4v) is 2.66. The number of aliphatic hydroxyl groups excluding tert-OH is 1. The lowest BCUT2D eigenvalue weighted by atomic mass is 10.2. The molecule has 1 aromatic heterocycles. The van der Waals surface area contributed by atoms with Crippen LogP contribution in [-0.4, -0.2) is 15.8 Å². The van der Waals surface area contributed by atoms with Crippen molar-refractivity contribution in [2.75, 3.05) is 0 Å². The van der Waals surface area contributed by atoms with Gasteiger partial charge >= 0.3 is 0 Å². The molecule has 92 valence electrons. The molecule has 0 aliphatic rings. The summed E-state index contributed by atoms with van der Waals surface area (Å²) in [6.45, 7) is 2.39. The van der Waals surface area contributed by atoms with Crippen molar-refractivity contribution in [1.29, 1.82) is 0 Å². The first-order valence-corrected chi connectivity index (χ1v) is 6.39. The van der Waals surface area contributed by atoms with Crippen LogP contribution in [0.2, 0.25) is 5.02 Å². The second-order valence-electron chi connectivity index (χ2n) is 4.64. The van der Waals surface area contributed by atoms with Gasteiger partial charge in [-0.15, -0.1) is 0 Å². The SMILES string of the molecule is CC(O)Cn1c2ccccc2c2cc(Cl)ccc21. The molecule has 0 aliphatic heterocycles. The number of nitrogens with zero attached hydrogens (tertiary/aromatic N) is 1.